The lowest BCUT2D eigenvalue weighted by Gasteiger charge is -2.10. The fourth-order valence-electron chi connectivity index (χ4n) is 2.40. The minimum atomic E-state index is -0.719. The summed E-state index contributed by atoms with van der Waals surface area (Å²) in [5.41, 5.74) is 7.70. The number of carbonyl (C=O) groups is 3. The average Bonchev–Trinajstić information content (AvgIpc) is 2.66. The third-order valence-electron chi connectivity index (χ3n) is 3.84. The summed E-state index contributed by atoms with van der Waals surface area (Å²) < 4.78 is 10.1. The molecule has 0 atom stereocenters. The van der Waals surface area contributed by atoms with E-state index in [9.17, 15) is 14.4 Å². The van der Waals surface area contributed by atoms with Crippen LogP contribution in [0.25, 0.3) is 0 Å². The normalized spacial score (nSPS) is 10.1. The molecule has 0 fully saturated rings. The van der Waals surface area contributed by atoms with Crippen LogP contribution in [0.5, 0.6) is 5.75 Å². The molecule has 2 aromatic carbocycles. The number of rotatable bonds is 9. The Hall–Kier alpha value is -3.35. The van der Waals surface area contributed by atoms with E-state index >= 15 is 0 Å². The smallest absolute Gasteiger partial charge is 0.344 e. The van der Waals surface area contributed by atoms with E-state index in [2.05, 4.69) is 5.32 Å². The van der Waals surface area contributed by atoms with Crippen molar-refractivity contribution in [3.63, 3.8) is 0 Å². The maximum atomic E-state index is 11.7. The predicted molar refractivity (Wildman–Crippen MR) is 99.3 cm³/mol. The molecule has 3 N–H and O–H groups in total. The van der Waals surface area contributed by atoms with Gasteiger partial charge in [0.05, 0.1) is 5.56 Å². The highest BCUT2D eigenvalue weighted by Gasteiger charge is 2.12. The average molecular weight is 370 g/mol. The molecule has 142 valence electrons. The first kappa shape index (κ1) is 20.0. The summed E-state index contributed by atoms with van der Waals surface area (Å²) in [4.78, 5) is 34.7. The molecule has 0 saturated carbocycles. The largest absolute Gasteiger partial charge is 0.481 e. The SMILES string of the molecule is Cc1ccccc1CCNC(=O)COC(=O)COc1ccccc1C(N)=O. The Kier molecular flexibility index (Phi) is 7.37. The molecule has 27 heavy (non-hydrogen) atoms. The molecule has 0 bridgehead atoms. The predicted octanol–water partition coefficient (Wildman–Crippen LogP) is 1.37. The standard InChI is InChI=1S/C20H22N2O5/c1-14-6-2-3-7-15(14)10-11-22-18(23)12-27-19(24)13-26-17-9-5-4-8-16(17)20(21)25/h2-9H,10-13H2,1H3,(H2,21,25)(H,22,23). The van der Waals surface area contributed by atoms with Crippen molar-refractivity contribution in [2.45, 2.75) is 13.3 Å². The van der Waals surface area contributed by atoms with Gasteiger partial charge < -0.3 is 20.5 Å². The van der Waals surface area contributed by atoms with Crippen molar-refractivity contribution >= 4 is 17.8 Å². The van der Waals surface area contributed by atoms with Crippen LogP contribution in [0.15, 0.2) is 48.5 Å². The summed E-state index contributed by atoms with van der Waals surface area (Å²) in [6, 6.07) is 14.2. The van der Waals surface area contributed by atoms with Gasteiger partial charge in [-0.3, -0.25) is 9.59 Å². The fraction of sp³-hybridized carbons (Fsp3) is 0.250. The number of benzene rings is 2. The topological polar surface area (TPSA) is 108 Å². The first-order valence-electron chi connectivity index (χ1n) is 8.46. The van der Waals surface area contributed by atoms with Crippen LogP contribution in [0, 0.1) is 6.92 Å². The molecule has 0 unspecified atom stereocenters. The number of aryl methyl sites for hydroxylation is 1. The maximum absolute atomic E-state index is 11.7. The molecule has 7 heteroatoms. The zero-order chi connectivity index (χ0) is 19.6. The van der Waals surface area contributed by atoms with Crippen LogP contribution in [0.3, 0.4) is 0 Å². The first-order valence-corrected chi connectivity index (χ1v) is 8.46. The fourth-order valence-corrected chi connectivity index (χ4v) is 2.40. The molecule has 0 aliphatic rings. The van der Waals surface area contributed by atoms with Crippen LogP contribution in [0.1, 0.15) is 21.5 Å². The number of hydrogen-bond donors (Lipinski definition) is 2. The maximum Gasteiger partial charge on any atom is 0.344 e. The first-order chi connectivity index (χ1) is 13.0. The van der Waals surface area contributed by atoms with Gasteiger partial charge in [-0.05, 0) is 36.6 Å². The van der Waals surface area contributed by atoms with Crippen LogP contribution in [0.2, 0.25) is 0 Å². The van der Waals surface area contributed by atoms with Gasteiger partial charge in [0.15, 0.2) is 13.2 Å². The van der Waals surface area contributed by atoms with E-state index in [4.69, 9.17) is 15.2 Å². The van der Waals surface area contributed by atoms with Gasteiger partial charge in [-0.2, -0.15) is 0 Å². The summed E-state index contributed by atoms with van der Waals surface area (Å²) in [6.45, 7) is 1.63. The second-order valence-corrected chi connectivity index (χ2v) is 5.84. The third kappa shape index (κ3) is 6.47. The van der Waals surface area contributed by atoms with Crippen molar-refractivity contribution in [2.75, 3.05) is 19.8 Å². The molecule has 0 aliphatic carbocycles. The highest BCUT2D eigenvalue weighted by molar-refractivity contribution is 5.95. The van der Waals surface area contributed by atoms with Crippen LogP contribution < -0.4 is 15.8 Å². The Bertz CT molecular complexity index is 820. The van der Waals surface area contributed by atoms with Gasteiger partial charge in [-0.25, -0.2) is 4.79 Å². The minimum Gasteiger partial charge on any atom is -0.481 e. The minimum absolute atomic E-state index is 0.166. The number of para-hydroxylation sites is 1. The van der Waals surface area contributed by atoms with Gasteiger partial charge in [-0.15, -0.1) is 0 Å². The summed E-state index contributed by atoms with van der Waals surface area (Å²) in [7, 11) is 0. The van der Waals surface area contributed by atoms with Crippen LogP contribution in [-0.4, -0.2) is 37.5 Å². The Morgan fingerprint density at radius 1 is 1.00 bits per heavy atom. The Morgan fingerprint density at radius 3 is 2.44 bits per heavy atom. The number of carbonyl (C=O) groups excluding carboxylic acids is 3. The van der Waals surface area contributed by atoms with Crippen LogP contribution in [0.4, 0.5) is 0 Å². The molecule has 0 aromatic heterocycles. The quantitative estimate of drug-likeness (QED) is 0.648. The van der Waals surface area contributed by atoms with Gasteiger partial charge in [0.25, 0.3) is 11.8 Å². The summed E-state index contributed by atoms with van der Waals surface area (Å²) >= 11 is 0. The van der Waals surface area contributed by atoms with Gasteiger partial charge in [0.2, 0.25) is 0 Å². The van der Waals surface area contributed by atoms with E-state index in [-0.39, 0.29) is 11.3 Å². The molecule has 2 rings (SSSR count). The van der Waals surface area contributed by atoms with E-state index in [1.54, 1.807) is 12.1 Å². The Morgan fingerprint density at radius 2 is 1.70 bits per heavy atom. The number of hydrogen-bond acceptors (Lipinski definition) is 5. The van der Waals surface area contributed by atoms with E-state index in [0.29, 0.717) is 13.0 Å². The lowest BCUT2D eigenvalue weighted by atomic mass is 10.1. The molecule has 0 saturated heterocycles. The molecule has 0 heterocycles. The molecule has 7 nitrogen and oxygen atoms in total. The molecule has 0 radical (unpaired) electrons. The Balaban J connectivity index is 1.69. The van der Waals surface area contributed by atoms with E-state index in [1.165, 1.54) is 12.1 Å². The lowest BCUT2D eigenvalue weighted by molar-refractivity contribution is -0.150. The third-order valence-corrected chi connectivity index (χ3v) is 3.84. The summed E-state index contributed by atoms with van der Waals surface area (Å²) in [6.07, 6.45) is 0.694. The summed E-state index contributed by atoms with van der Waals surface area (Å²) in [5, 5.41) is 2.69. The summed E-state index contributed by atoms with van der Waals surface area (Å²) in [5.74, 6) is -1.59. The number of amides is 2. The molecule has 0 aliphatic heterocycles. The van der Waals surface area contributed by atoms with Crippen LogP contribution in [-0.2, 0) is 20.7 Å². The monoisotopic (exact) mass is 370 g/mol. The van der Waals surface area contributed by atoms with Crippen LogP contribution >= 0.6 is 0 Å². The van der Waals surface area contributed by atoms with Gasteiger partial charge in [0.1, 0.15) is 5.75 Å². The number of esters is 1. The van der Waals surface area contributed by atoms with Crippen molar-refractivity contribution < 1.29 is 23.9 Å². The number of primary amides is 1. The highest BCUT2D eigenvalue weighted by Crippen LogP contribution is 2.17. The zero-order valence-electron chi connectivity index (χ0n) is 15.1. The molecular weight excluding hydrogens is 348 g/mol. The van der Waals surface area contributed by atoms with Gasteiger partial charge >= 0.3 is 5.97 Å². The number of nitrogens with one attached hydrogen (secondary N) is 1. The van der Waals surface area contributed by atoms with Crippen molar-refractivity contribution in [2.24, 2.45) is 5.73 Å². The second-order valence-electron chi connectivity index (χ2n) is 5.84. The molecular formula is C20H22N2O5. The van der Waals surface area contributed by atoms with Crippen molar-refractivity contribution in [1.29, 1.82) is 0 Å². The highest BCUT2D eigenvalue weighted by atomic mass is 16.6. The molecule has 0 spiro atoms. The second kappa shape index (κ2) is 9.96. The van der Waals surface area contributed by atoms with Crippen molar-refractivity contribution in [1.82, 2.24) is 5.32 Å². The van der Waals surface area contributed by atoms with E-state index in [0.717, 1.165) is 11.1 Å². The van der Waals surface area contributed by atoms with Crippen molar-refractivity contribution in [3.05, 3.63) is 65.2 Å². The van der Waals surface area contributed by atoms with Gasteiger partial charge in [0, 0.05) is 6.54 Å². The number of ether oxygens (including phenoxy) is 2. The zero-order valence-corrected chi connectivity index (χ0v) is 15.1. The molecule has 2 aromatic rings. The Labute approximate surface area is 157 Å². The molecule has 2 amide bonds. The number of nitrogens with two attached hydrogens (primary N) is 1. The lowest BCUT2D eigenvalue weighted by Crippen LogP contribution is -2.31. The van der Waals surface area contributed by atoms with E-state index in [1.807, 2.05) is 31.2 Å². The van der Waals surface area contributed by atoms with Crippen molar-refractivity contribution in [3.8, 4) is 5.75 Å². The van der Waals surface area contributed by atoms with E-state index < -0.39 is 31.0 Å². The van der Waals surface area contributed by atoms with Gasteiger partial charge in [-0.1, -0.05) is 36.4 Å².